The molecule has 4 nitrogen and oxygen atoms in total. The fourth-order valence-electron chi connectivity index (χ4n) is 3.41. The Morgan fingerprint density at radius 3 is 2.25 bits per heavy atom. The Morgan fingerprint density at radius 2 is 1.46 bits per heavy atom. The summed E-state index contributed by atoms with van der Waals surface area (Å²) >= 11 is 5.53. The molecule has 0 fully saturated rings. The van der Waals surface area contributed by atoms with Gasteiger partial charge in [0.05, 0.1) is 11.2 Å². The molecule has 2 heterocycles. The number of hydrogen-bond donors (Lipinski definition) is 1. The summed E-state index contributed by atoms with van der Waals surface area (Å²) in [6.45, 7) is 0. The third-order valence-electron chi connectivity index (χ3n) is 4.71. The van der Waals surface area contributed by atoms with Crippen molar-refractivity contribution in [3.63, 3.8) is 0 Å². The topological polar surface area (TPSA) is 46.5 Å². The molecule has 3 aromatic carbocycles. The number of aromatic amines is 1. The van der Waals surface area contributed by atoms with Crippen LogP contribution in [0.5, 0.6) is 0 Å². The first-order valence-corrected chi connectivity index (χ1v) is 9.40. The van der Waals surface area contributed by atoms with Crippen LogP contribution in [0.1, 0.15) is 0 Å². The lowest BCUT2D eigenvalue weighted by Gasteiger charge is -2.11. The second-order valence-electron chi connectivity index (χ2n) is 6.46. The van der Waals surface area contributed by atoms with E-state index < -0.39 is 0 Å². The Hall–Kier alpha value is -3.57. The van der Waals surface area contributed by atoms with Gasteiger partial charge in [-0.2, -0.15) is 5.10 Å². The number of nitrogens with one attached hydrogen (secondary N) is 1. The smallest absolute Gasteiger partial charge is 0.200 e. The number of fused-ring (bicyclic) bond motifs is 1. The van der Waals surface area contributed by atoms with Crippen LogP contribution in [0.15, 0.2) is 91.0 Å². The van der Waals surface area contributed by atoms with Gasteiger partial charge in [-0.15, -0.1) is 0 Å². The van der Waals surface area contributed by atoms with E-state index in [1.165, 1.54) is 0 Å². The minimum atomic E-state index is 0.559. The van der Waals surface area contributed by atoms with E-state index in [0.717, 1.165) is 39.2 Å². The number of H-pyrrole nitrogens is 1. The fourth-order valence-corrected chi connectivity index (χ4v) is 3.65. The van der Waals surface area contributed by atoms with E-state index in [-0.39, 0.29) is 0 Å². The molecule has 0 bridgehead atoms. The zero-order valence-electron chi connectivity index (χ0n) is 14.9. The van der Waals surface area contributed by atoms with Gasteiger partial charge in [-0.25, -0.2) is 4.98 Å². The number of rotatable bonds is 3. The first-order valence-electron chi connectivity index (χ1n) is 9.00. The predicted molar refractivity (Wildman–Crippen MR) is 115 cm³/mol. The van der Waals surface area contributed by atoms with Gasteiger partial charge in [-0.05, 0) is 36.5 Å². The summed E-state index contributed by atoms with van der Waals surface area (Å²) in [5.74, 6) is 0.770. The van der Waals surface area contributed by atoms with E-state index in [1.54, 1.807) is 0 Å². The van der Waals surface area contributed by atoms with E-state index in [9.17, 15) is 0 Å². The van der Waals surface area contributed by atoms with Crippen LogP contribution in [0.3, 0.4) is 0 Å². The molecule has 5 aromatic rings. The second kappa shape index (κ2) is 6.87. The molecule has 5 heteroatoms. The number of para-hydroxylation sites is 2. The van der Waals surface area contributed by atoms with Crippen molar-refractivity contribution < 1.29 is 0 Å². The molecule has 0 aliphatic heterocycles. The Kier molecular flexibility index (Phi) is 4.07. The highest BCUT2D eigenvalue weighted by Crippen LogP contribution is 2.32. The number of nitrogens with zero attached hydrogens (tertiary/aromatic N) is 3. The highest BCUT2D eigenvalue weighted by atomic mass is 32.1. The average molecular weight is 380 g/mol. The maximum atomic E-state index is 5.53. The lowest BCUT2D eigenvalue weighted by Crippen LogP contribution is -1.99. The Balaban J connectivity index is 1.82. The maximum absolute atomic E-state index is 5.53. The van der Waals surface area contributed by atoms with Gasteiger partial charge < -0.3 is 0 Å². The molecular formula is C23H16N4S. The molecule has 0 spiro atoms. The van der Waals surface area contributed by atoms with Crippen LogP contribution in [0.4, 0.5) is 0 Å². The van der Waals surface area contributed by atoms with Crippen LogP contribution in [0.25, 0.3) is 39.2 Å². The molecule has 0 amide bonds. The van der Waals surface area contributed by atoms with Crippen LogP contribution < -0.4 is 0 Å². The Morgan fingerprint density at radius 1 is 0.786 bits per heavy atom. The first-order chi connectivity index (χ1) is 13.8. The number of pyridine rings is 1. The van der Waals surface area contributed by atoms with Crippen molar-refractivity contribution >= 4 is 23.1 Å². The summed E-state index contributed by atoms with van der Waals surface area (Å²) in [5, 5.41) is 8.55. The van der Waals surface area contributed by atoms with Crippen LogP contribution in [-0.2, 0) is 0 Å². The van der Waals surface area contributed by atoms with Crippen molar-refractivity contribution in [3.8, 4) is 28.3 Å². The monoisotopic (exact) mass is 380 g/mol. The van der Waals surface area contributed by atoms with Crippen LogP contribution in [0.2, 0.25) is 0 Å². The molecule has 0 aliphatic rings. The standard InChI is InChI=1S/C23H16N4S/c28-23-26-25-22(27(23)17-11-5-2-6-12-17)19-15-21(16-9-3-1-4-10-16)24-20-14-8-7-13-18(19)20/h1-15H,(H,26,28). The van der Waals surface area contributed by atoms with Crippen molar-refractivity contribution in [2.75, 3.05) is 0 Å². The minimum Gasteiger partial charge on any atom is -0.268 e. The van der Waals surface area contributed by atoms with Gasteiger partial charge in [-0.1, -0.05) is 66.7 Å². The number of benzene rings is 3. The van der Waals surface area contributed by atoms with Crippen molar-refractivity contribution in [2.24, 2.45) is 0 Å². The molecule has 28 heavy (non-hydrogen) atoms. The number of hydrogen-bond acceptors (Lipinski definition) is 3. The molecule has 0 atom stereocenters. The molecule has 5 rings (SSSR count). The van der Waals surface area contributed by atoms with Crippen molar-refractivity contribution in [3.05, 3.63) is 95.8 Å². The summed E-state index contributed by atoms with van der Waals surface area (Å²) in [5.41, 5.74) is 4.85. The largest absolute Gasteiger partial charge is 0.268 e. The van der Waals surface area contributed by atoms with Crippen molar-refractivity contribution in [2.45, 2.75) is 0 Å². The second-order valence-corrected chi connectivity index (χ2v) is 6.85. The molecule has 0 aliphatic carbocycles. The predicted octanol–water partition coefficient (Wildman–Crippen LogP) is 5.81. The third-order valence-corrected chi connectivity index (χ3v) is 4.99. The Labute approximate surface area is 167 Å². The third kappa shape index (κ3) is 2.82. The summed E-state index contributed by atoms with van der Waals surface area (Å²) in [6, 6.07) is 30.4. The highest BCUT2D eigenvalue weighted by molar-refractivity contribution is 7.71. The summed E-state index contributed by atoms with van der Waals surface area (Å²) < 4.78 is 2.52. The molecule has 0 unspecified atom stereocenters. The zero-order valence-corrected chi connectivity index (χ0v) is 15.7. The summed E-state index contributed by atoms with van der Waals surface area (Å²) in [7, 11) is 0. The van der Waals surface area contributed by atoms with E-state index >= 15 is 0 Å². The van der Waals surface area contributed by atoms with Gasteiger partial charge in [0.15, 0.2) is 10.6 Å². The number of aromatic nitrogens is 4. The van der Waals surface area contributed by atoms with E-state index in [4.69, 9.17) is 17.2 Å². The van der Waals surface area contributed by atoms with Crippen molar-refractivity contribution in [1.29, 1.82) is 0 Å². The summed E-state index contributed by atoms with van der Waals surface area (Å²) in [6.07, 6.45) is 0. The van der Waals surface area contributed by atoms with E-state index in [0.29, 0.717) is 4.77 Å². The van der Waals surface area contributed by atoms with Crippen LogP contribution >= 0.6 is 12.2 Å². The Bertz CT molecular complexity index is 1320. The lowest BCUT2D eigenvalue weighted by atomic mass is 10.0. The van der Waals surface area contributed by atoms with Gasteiger partial charge in [0.1, 0.15) is 0 Å². The molecule has 0 radical (unpaired) electrons. The van der Waals surface area contributed by atoms with Crippen LogP contribution in [-0.4, -0.2) is 19.7 Å². The van der Waals surface area contributed by atoms with Gasteiger partial charge in [0.2, 0.25) is 0 Å². The quantitative estimate of drug-likeness (QED) is 0.402. The maximum Gasteiger partial charge on any atom is 0.200 e. The van der Waals surface area contributed by atoms with Crippen LogP contribution in [0, 0.1) is 4.77 Å². The SMILES string of the molecule is S=c1[nH]nc(-c2cc(-c3ccccc3)nc3ccccc23)n1-c1ccccc1. The lowest BCUT2D eigenvalue weighted by molar-refractivity contribution is 1.04. The van der Waals surface area contributed by atoms with Gasteiger partial charge in [-0.3, -0.25) is 9.67 Å². The molecule has 0 saturated carbocycles. The average Bonchev–Trinajstić information content (AvgIpc) is 3.15. The molecule has 2 aromatic heterocycles. The highest BCUT2D eigenvalue weighted by Gasteiger charge is 2.16. The minimum absolute atomic E-state index is 0.559. The normalized spacial score (nSPS) is 11.0. The van der Waals surface area contributed by atoms with E-state index in [1.807, 2.05) is 71.3 Å². The molecule has 134 valence electrons. The van der Waals surface area contributed by atoms with Crippen molar-refractivity contribution in [1.82, 2.24) is 19.7 Å². The van der Waals surface area contributed by atoms with Gasteiger partial charge in [0, 0.05) is 22.2 Å². The van der Waals surface area contributed by atoms with E-state index in [2.05, 4.69) is 34.5 Å². The summed E-state index contributed by atoms with van der Waals surface area (Å²) in [4.78, 5) is 4.87. The zero-order chi connectivity index (χ0) is 18.9. The molecule has 1 N–H and O–H groups in total. The van der Waals surface area contributed by atoms with Gasteiger partial charge >= 0.3 is 0 Å². The first kappa shape index (κ1) is 16.6. The molecular weight excluding hydrogens is 364 g/mol. The van der Waals surface area contributed by atoms with Gasteiger partial charge in [0.25, 0.3) is 0 Å². The molecule has 0 saturated heterocycles. The fraction of sp³-hybridized carbons (Fsp3) is 0.